The molecular formula is C42H76F3NO4Si3. The van der Waals surface area contributed by atoms with Gasteiger partial charge in [-0.1, -0.05) is 79.7 Å². The van der Waals surface area contributed by atoms with Crippen molar-refractivity contribution in [1.29, 1.82) is 0 Å². The molecule has 0 aliphatic heterocycles. The van der Waals surface area contributed by atoms with E-state index in [1.54, 1.807) is 19.6 Å². The smallest absolute Gasteiger partial charge is 0.413 e. The summed E-state index contributed by atoms with van der Waals surface area (Å²) < 4.78 is 61.8. The predicted molar refractivity (Wildman–Crippen MR) is 223 cm³/mol. The van der Waals surface area contributed by atoms with Gasteiger partial charge >= 0.3 is 6.18 Å². The molecule has 0 aromatic heterocycles. The van der Waals surface area contributed by atoms with Gasteiger partial charge in [0, 0.05) is 13.0 Å². The second-order valence-electron chi connectivity index (χ2n) is 21.3. The molecule has 3 fully saturated rings. The van der Waals surface area contributed by atoms with E-state index in [9.17, 15) is 18.0 Å². The number of nitrogens with one attached hydrogen (secondary N) is 1. The molecule has 3 aliphatic carbocycles. The molecule has 0 radical (unpaired) electrons. The Labute approximate surface area is 325 Å². The summed E-state index contributed by atoms with van der Waals surface area (Å²) in [6.07, 6.45) is 6.44. The van der Waals surface area contributed by atoms with E-state index in [1.165, 1.54) is 11.1 Å². The summed E-state index contributed by atoms with van der Waals surface area (Å²) >= 11 is 0. The van der Waals surface area contributed by atoms with E-state index in [4.69, 9.17) is 13.3 Å². The summed E-state index contributed by atoms with van der Waals surface area (Å²) in [4.78, 5) is 13.0. The van der Waals surface area contributed by atoms with E-state index < -0.39 is 49.1 Å². The maximum Gasteiger partial charge on any atom is 0.416 e. The second kappa shape index (κ2) is 16.1. The van der Waals surface area contributed by atoms with E-state index in [1.807, 2.05) is 0 Å². The van der Waals surface area contributed by atoms with E-state index in [0.29, 0.717) is 18.4 Å². The van der Waals surface area contributed by atoms with Crippen LogP contribution in [0.25, 0.3) is 0 Å². The van der Waals surface area contributed by atoms with Gasteiger partial charge in [-0.3, -0.25) is 4.79 Å². The summed E-state index contributed by atoms with van der Waals surface area (Å²) in [7, 11) is -6.63. The molecule has 3 saturated carbocycles. The predicted octanol–water partition coefficient (Wildman–Crippen LogP) is 12.5. The van der Waals surface area contributed by atoms with Crippen molar-refractivity contribution in [3.63, 3.8) is 0 Å². The SMILES string of the molecule is C=C1C(=CC=C2CCC[C@@]3(C)C2CC[C@@H]3[C@H](C)CNC(=O)C[C@](C)(O[Si](C)(C)C)C(F)(F)F)C[C@@H](O[Si](C)(C)C(C)(C)C)C[C@@H]1O[Si](C)(C)C(C)(C)C. The number of rotatable bonds is 12. The van der Waals surface area contributed by atoms with Gasteiger partial charge < -0.3 is 18.6 Å². The molecule has 7 atom stereocenters. The quantitative estimate of drug-likeness (QED) is 0.200. The zero-order valence-electron chi connectivity index (χ0n) is 36.4. The molecule has 3 rings (SSSR count). The zero-order valence-corrected chi connectivity index (χ0v) is 39.4. The van der Waals surface area contributed by atoms with Crippen LogP contribution in [0.2, 0.25) is 55.9 Å². The Morgan fingerprint density at radius 3 is 2.04 bits per heavy atom. The van der Waals surface area contributed by atoms with Crippen molar-refractivity contribution in [3.05, 3.63) is 35.5 Å². The fraction of sp³-hybridized carbons (Fsp3) is 0.833. The Morgan fingerprint density at radius 2 is 1.51 bits per heavy atom. The average molecular weight is 800 g/mol. The lowest BCUT2D eigenvalue weighted by Gasteiger charge is -2.46. The molecule has 1 N–H and O–H groups in total. The molecule has 3 aliphatic rings. The standard InChI is InChI=1S/C42H76F3NO4Si3/c1-29(28-46-37(47)27-41(10,42(43,44)45)50-51(11,12)13)34-22-23-35-31(19-18-24-40(34,35)9)20-21-32-25-33(48-52(14,15)38(3,4)5)26-36(30(32)2)49-53(16,17)39(6,7)8/h20-21,29,33-36H,2,18-19,22-28H2,1,3-17H3,(H,46,47)/t29-,33-,34-,35?,36+,40-,41+/m1/s1. The third-order valence-electron chi connectivity index (χ3n) is 13.7. The monoisotopic (exact) mass is 800 g/mol. The van der Waals surface area contributed by atoms with Crippen LogP contribution in [0.1, 0.15) is 114 Å². The highest BCUT2D eigenvalue weighted by molar-refractivity contribution is 6.74. The largest absolute Gasteiger partial charge is 0.416 e. The van der Waals surface area contributed by atoms with Crippen LogP contribution in [0, 0.1) is 23.2 Å². The maximum absolute atomic E-state index is 14.1. The van der Waals surface area contributed by atoms with Crippen LogP contribution < -0.4 is 5.32 Å². The number of allylic oxidation sites excluding steroid dienone is 3. The minimum Gasteiger partial charge on any atom is -0.413 e. The van der Waals surface area contributed by atoms with Gasteiger partial charge in [-0.25, -0.2) is 0 Å². The van der Waals surface area contributed by atoms with Gasteiger partial charge in [0.15, 0.2) is 30.6 Å². The average Bonchev–Trinajstić information content (AvgIpc) is 3.31. The first kappa shape index (κ1) is 46.4. The fourth-order valence-electron chi connectivity index (χ4n) is 8.64. The number of hydrogen-bond acceptors (Lipinski definition) is 4. The maximum atomic E-state index is 14.1. The minimum absolute atomic E-state index is 0.0660. The van der Waals surface area contributed by atoms with Gasteiger partial charge in [-0.15, -0.1) is 0 Å². The van der Waals surface area contributed by atoms with Crippen molar-refractivity contribution in [3.8, 4) is 0 Å². The van der Waals surface area contributed by atoms with Gasteiger partial charge in [-0.2, -0.15) is 13.2 Å². The summed E-state index contributed by atoms with van der Waals surface area (Å²) in [5, 5.41) is 3.07. The van der Waals surface area contributed by atoms with Crippen LogP contribution >= 0.6 is 0 Å². The van der Waals surface area contributed by atoms with Gasteiger partial charge in [0.05, 0.1) is 18.6 Å². The molecular weight excluding hydrogens is 724 g/mol. The summed E-state index contributed by atoms with van der Waals surface area (Å²) in [6, 6.07) is 0. The van der Waals surface area contributed by atoms with Crippen molar-refractivity contribution in [2.75, 3.05) is 6.54 Å². The first-order chi connectivity index (χ1) is 23.7. The second-order valence-corrected chi connectivity index (χ2v) is 35.2. The number of carbonyl (C=O) groups is 1. The minimum atomic E-state index is -4.64. The number of alkyl halides is 3. The molecule has 306 valence electrons. The Kier molecular flexibility index (Phi) is 14.1. The zero-order chi connectivity index (χ0) is 40.8. The Balaban J connectivity index is 1.81. The molecule has 0 spiro atoms. The number of fused-ring (bicyclic) bond motifs is 1. The van der Waals surface area contributed by atoms with Crippen LogP contribution in [0.3, 0.4) is 0 Å². The van der Waals surface area contributed by atoms with E-state index >= 15 is 0 Å². The lowest BCUT2D eigenvalue weighted by atomic mass is 9.61. The molecule has 5 nitrogen and oxygen atoms in total. The summed E-state index contributed by atoms with van der Waals surface area (Å²) in [5.74, 6) is 0.335. The number of carbonyl (C=O) groups excluding carboxylic acids is 1. The van der Waals surface area contributed by atoms with E-state index in [2.05, 4.69) is 106 Å². The molecule has 1 amide bonds. The molecule has 0 heterocycles. The number of hydrogen-bond donors (Lipinski definition) is 1. The van der Waals surface area contributed by atoms with Gasteiger partial charge in [0.2, 0.25) is 5.91 Å². The van der Waals surface area contributed by atoms with Crippen LogP contribution in [0.5, 0.6) is 0 Å². The van der Waals surface area contributed by atoms with E-state index in [-0.39, 0.29) is 33.6 Å². The Morgan fingerprint density at radius 1 is 0.943 bits per heavy atom. The number of halogens is 3. The molecule has 0 aromatic carbocycles. The summed E-state index contributed by atoms with van der Waals surface area (Å²) in [5.41, 5.74) is 1.38. The highest BCUT2D eigenvalue weighted by Gasteiger charge is 2.55. The molecule has 0 bridgehead atoms. The topological polar surface area (TPSA) is 56.8 Å². The van der Waals surface area contributed by atoms with Crippen molar-refractivity contribution >= 4 is 30.9 Å². The highest BCUT2D eigenvalue weighted by Crippen LogP contribution is 2.59. The normalized spacial score (nSPS) is 30.0. The van der Waals surface area contributed by atoms with Gasteiger partial charge in [-0.05, 0) is 136 Å². The number of amides is 1. The Hall–Kier alpha value is -0.989. The third kappa shape index (κ3) is 11.1. The highest BCUT2D eigenvalue weighted by atomic mass is 28.4. The first-order valence-corrected chi connectivity index (χ1v) is 29.4. The first-order valence-electron chi connectivity index (χ1n) is 20.2. The molecule has 1 unspecified atom stereocenters. The van der Waals surface area contributed by atoms with Gasteiger partial charge in [0.1, 0.15) is 0 Å². The molecule has 0 saturated heterocycles. The van der Waals surface area contributed by atoms with Crippen LogP contribution in [-0.4, -0.2) is 61.4 Å². The van der Waals surface area contributed by atoms with Crippen molar-refractivity contribution in [1.82, 2.24) is 5.32 Å². The third-order valence-corrected chi connectivity index (χ3v) is 23.8. The van der Waals surface area contributed by atoms with E-state index in [0.717, 1.165) is 57.4 Å². The van der Waals surface area contributed by atoms with Crippen molar-refractivity contribution in [2.45, 2.75) is 194 Å². The van der Waals surface area contributed by atoms with Crippen LogP contribution in [0.15, 0.2) is 35.5 Å². The molecule has 53 heavy (non-hydrogen) atoms. The molecule has 0 aromatic rings. The van der Waals surface area contributed by atoms with Crippen LogP contribution in [-0.2, 0) is 18.1 Å². The van der Waals surface area contributed by atoms with Crippen molar-refractivity contribution in [2.24, 2.45) is 23.2 Å². The molecule has 11 heteroatoms. The van der Waals surface area contributed by atoms with Crippen LogP contribution in [0.4, 0.5) is 13.2 Å². The summed E-state index contributed by atoms with van der Waals surface area (Å²) in [6.45, 7) is 38.7. The fourth-order valence-corrected chi connectivity index (χ4v) is 12.8. The Bertz CT molecular complexity index is 1390. The lowest BCUT2D eigenvalue weighted by Crippen LogP contribution is -2.53. The van der Waals surface area contributed by atoms with Gasteiger partial charge in [0.25, 0.3) is 0 Å². The van der Waals surface area contributed by atoms with Crippen molar-refractivity contribution < 1.29 is 31.2 Å². The lowest BCUT2D eigenvalue weighted by molar-refractivity contribution is -0.246.